The number of primary amides is 1. The van der Waals surface area contributed by atoms with Gasteiger partial charge in [0.05, 0.1) is 18.4 Å². The average molecular weight is 462 g/mol. The lowest BCUT2D eigenvalue weighted by molar-refractivity contribution is -0.148. The Bertz CT molecular complexity index is 963. The van der Waals surface area contributed by atoms with Gasteiger partial charge in [0.2, 0.25) is 5.91 Å². The molecule has 2 aromatic carbocycles. The van der Waals surface area contributed by atoms with Gasteiger partial charge in [0, 0.05) is 36.1 Å². The number of carbonyl (C=O) groups excluding carboxylic acids is 3. The van der Waals surface area contributed by atoms with Crippen molar-refractivity contribution < 1.29 is 19.1 Å². The summed E-state index contributed by atoms with van der Waals surface area (Å²) in [5.74, 6) is -0.827. The summed E-state index contributed by atoms with van der Waals surface area (Å²) in [6.07, 6.45) is 0. The number of rotatable bonds is 7. The Kier molecular flexibility index (Phi) is 7.95. The highest BCUT2D eigenvalue weighted by atomic mass is 35.5. The van der Waals surface area contributed by atoms with Crippen molar-refractivity contribution in [3.8, 4) is 0 Å². The van der Waals surface area contributed by atoms with E-state index in [-0.39, 0.29) is 17.6 Å². The van der Waals surface area contributed by atoms with E-state index in [2.05, 4.69) is 0 Å². The van der Waals surface area contributed by atoms with E-state index >= 15 is 0 Å². The number of nitrogens with zero attached hydrogens (tertiary/aromatic N) is 2. The lowest BCUT2D eigenvalue weighted by atomic mass is 10.0. The van der Waals surface area contributed by atoms with E-state index in [4.69, 9.17) is 22.1 Å². The molecule has 0 radical (unpaired) electrons. The molecule has 0 aliphatic carbocycles. The molecule has 2 N–H and O–H groups in total. The minimum absolute atomic E-state index is 0.108. The van der Waals surface area contributed by atoms with E-state index in [9.17, 15) is 14.4 Å². The molecule has 0 saturated carbocycles. The minimum atomic E-state index is -0.630. The lowest BCUT2D eigenvalue weighted by Gasteiger charge is -2.38. The molecule has 1 atom stereocenters. The minimum Gasteiger partial charge on any atom is -0.468 e. The number of halogens is 1. The number of ether oxygens (including phenoxy) is 1. The SMILES string of the molecule is COC(=O)C(c1ccccc1Cl)N1CCN(C(=O)c2ccccc2SCC(N)=O)CC1. The standard InChI is InChI=1S/C22H24ClN3O4S/c1-30-22(29)20(15-6-2-4-8-17(15)23)25-10-12-26(13-11-25)21(28)16-7-3-5-9-18(16)31-14-19(24)27/h2-9,20H,10-14H2,1H3,(H2,24,27). The van der Waals surface area contributed by atoms with Crippen LogP contribution < -0.4 is 5.73 Å². The van der Waals surface area contributed by atoms with E-state index in [1.54, 1.807) is 23.1 Å². The van der Waals surface area contributed by atoms with Crippen molar-refractivity contribution in [3.63, 3.8) is 0 Å². The smallest absolute Gasteiger partial charge is 0.327 e. The summed E-state index contributed by atoms with van der Waals surface area (Å²) in [5, 5.41) is 0.497. The van der Waals surface area contributed by atoms with Crippen molar-refractivity contribution in [1.29, 1.82) is 0 Å². The second-order valence-corrected chi connectivity index (χ2v) is 8.45. The summed E-state index contributed by atoms with van der Waals surface area (Å²) < 4.78 is 5.02. The van der Waals surface area contributed by atoms with E-state index in [1.165, 1.54) is 18.9 Å². The van der Waals surface area contributed by atoms with Crippen LogP contribution in [0.4, 0.5) is 0 Å². The number of benzene rings is 2. The van der Waals surface area contributed by atoms with Gasteiger partial charge in [-0.1, -0.05) is 41.9 Å². The second kappa shape index (κ2) is 10.7. The topological polar surface area (TPSA) is 92.9 Å². The number of hydrogen-bond acceptors (Lipinski definition) is 6. The van der Waals surface area contributed by atoms with Crippen LogP contribution in [0.1, 0.15) is 22.0 Å². The molecule has 0 aromatic heterocycles. The molecule has 164 valence electrons. The molecule has 1 unspecified atom stereocenters. The molecule has 0 bridgehead atoms. The average Bonchev–Trinajstić information content (AvgIpc) is 2.79. The van der Waals surface area contributed by atoms with Gasteiger partial charge in [-0.25, -0.2) is 4.79 Å². The van der Waals surface area contributed by atoms with Crippen LogP contribution in [0.2, 0.25) is 5.02 Å². The van der Waals surface area contributed by atoms with Gasteiger partial charge in [0.1, 0.15) is 6.04 Å². The van der Waals surface area contributed by atoms with Crippen LogP contribution in [0, 0.1) is 0 Å². The maximum absolute atomic E-state index is 13.1. The molecule has 0 spiro atoms. The third kappa shape index (κ3) is 5.58. The normalized spacial score (nSPS) is 15.4. The van der Waals surface area contributed by atoms with Crippen LogP contribution >= 0.6 is 23.4 Å². The highest BCUT2D eigenvalue weighted by Crippen LogP contribution is 2.30. The second-order valence-electron chi connectivity index (χ2n) is 7.03. The van der Waals surface area contributed by atoms with Gasteiger partial charge in [-0.3, -0.25) is 14.5 Å². The van der Waals surface area contributed by atoms with Crippen LogP contribution in [-0.4, -0.2) is 66.6 Å². The van der Waals surface area contributed by atoms with Gasteiger partial charge in [-0.15, -0.1) is 11.8 Å². The van der Waals surface area contributed by atoms with Crippen LogP contribution in [0.3, 0.4) is 0 Å². The van der Waals surface area contributed by atoms with Crippen molar-refractivity contribution >= 4 is 41.1 Å². The van der Waals surface area contributed by atoms with Gasteiger partial charge in [0.15, 0.2) is 0 Å². The summed E-state index contributed by atoms with van der Waals surface area (Å²) in [6, 6.07) is 13.7. The first-order valence-electron chi connectivity index (χ1n) is 9.78. The van der Waals surface area contributed by atoms with E-state index in [1.807, 2.05) is 35.2 Å². The fourth-order valence-electron chi connectivity index (χ4n) is 3.55. The highest BCUT2D eigenvalue weighted by Gasteiger charge is 2.34. The molecule has 3 rings (SSSR count). The third-order valence-corrected chi connectivity index (χ3v) is 6.52. The van der Waals surface area contributed by atoms with Crippen LogP contribution in [0.15, 0.2) is 53.4 Å². The van der Waals surface area contributed by atoms with Gasteiger partial charge >= 0.3 is 5.97 Å². The summed E-state index contributed by atoms with van der Waals surface area (Å²) in [4.78, 5) is 41.2. The molecule has 31 heavy (non-hydrogen) atoms. The number of esters is 1. The molecule has 1 aliphatic rings. The number of amides is 2. The number of carbonyl (C=O) groups is 3. The first-order valence-corrected chi connectivity index (χ1v) is 11.1. The Morgan fingerprint density at radius 2 is 1.71 bits per heavy atom. The molecule has 2 amide bonds. The van der Waals surface area contributed by atoms with Crippen LogP contribution in [0.25, 0.3) is 0 Å². The molecule has 1 heterocycles. The zero-order chi connectivity index (χ0) is 22.4. The quantitative estimate of drug-likeness (QED) is 0.503. The summed E-state index contributed by atoms with van der Waals surface area (Å²) in [6.45, 7) is 1.89. The van der Waals surface area contributed by atoms with Crippen molar-refractivity contribution in [2.75, 3.05) is 39.0 Å². The third-order valence-electron chi connectivity index (χ3n) is 5.08. The van der Waals surface area contributed by atoms with Crippen molar-refractivity contribution in [2.24, 2.45) is 5.73 Å². The Morgan fingerprint density at radius 1 is 1.06 bits per heavy atom. The van der Waals surface area contributed by atoms with Gasteiger partial charge in [-0.2, -0.15) is 0 Å². The molecular weight excluding hydrogens is 438 g/mol. The molecular formula is C22H24ClN3O4S. The van der Waals surface area contributed by atoms with E-state index in [0.29, 0.717) is 42.3 Å². The first kappa shape index (κ1) is 23.1. The van der Waals surface area contributed by atoms with Gasteiger partial charge in [-0.05, 0) is 23.8 Å². The Balaban J connectivity index is 1.73. The number of nitrogens with two attached hydrogens (primary N) is 1. The molecule has 2 aromatic rings. The van der Waals surface area contributed by atoms with Crippen LogP contribution in [0.5, 0.6) is 0 Å². The predicted octanol–water partition coefficient (Wildman–Crippen LogP) is 2.59. The van der Waals surface area contributed by atoms with E-state index in [0.717, 1.165) is 4.90 Å². The van der Waals surface area contributed by atoms with Gasteiger partial charge in [0.25, 0.3) is 5.91 Å². The fourth-order valence-corrected chi connectivity index (χ4v) is 4.58. The molecule has 1 aliphatic heterocycles. The van der Waals surface area contributed by atoms with Crippen molar-refractivity contribution in [2.45, 2.75) is 10.9 Å². The number of methoxy groups -OCH3 is 1. The first-order chi connectivity index (χ1) is 14.9. The molecule has 7 nitrogen and oxygen atoms in total. The van der Waals surface area contributed by atoms with Crippen molar-refractivity contribution in [1.82, 2.24) is 9.80 Å². The Hall–Kier alpha value is -2.55. The number of piperazine rings is 1. The monoisotopic (exact) mass is 461 g/mol. The summed E-state index contributed by atoms with van der Waals surface area (Å²) in [7, 11) is 1.35. The number of hydrogen-bond donors (Lipinski definition) is 1. The molecule has 1 saturated heterocycles. The maximum Gasteiger partial charge on any atom is 0.327 e. The van der Waals surface area contributed by atoms with E-state index < -0.39 is 11.9 Å². The van der Waals surface area contributed by atoms with Crippen molar-refractivity contribution in [3.05, 3.63) is 64.7 Å². The summed E-state index contributed by atoms with van der Waals surface area (Å²) >= 11 is 7.58. The zero-order valence-electron chi connectivity index (χ0n) is 17.1. The zero-order valence-corrected chi connectivity index (χ0v) is 18.7. The highest BCUT2D eigenvalue weighted by molar-refractivity contribution is 8.00. The molecule has 9 heteroatoms. The summed E-state index contributed by atoms with van der Waals surface area (Å²) in [5.41, 5.74) is 6.46. The largest absolute Gasteiger partial charge is 0.468 e. The van der Waals surface area contributed by atoms with Gasteiger partial charge < -0.3 is 15.4 Å². The predicted molar refractivity (Wildman–Crippen MR) is 120 cm³/mol. The Morgan fingerprint density at radius 3 is 2.35 bits per heavy atom. The maximum atomic E-state index is 13.1. The fraction of sp³-hybridized carbons (Fsp3) is 0.318. The molecule has 1 fully saturated rings. The Labute approximate surface area is 190 Å². The number of thioether (sulfide) groups is 1. The van der Waals surface area contributed by atoms with Crippen LogP contribution in [-0.2, 0) is 14.3 Å². The lowest BCUT2D eigenvalue weighted by Crippen LogP contribution is -2.51.